The molecule has 0 unspecified atom stereocenters. The van der Waals surface area contributed by atoms with Gasteiger partial charge in [0.2, 0.25) is 0 Å². The fourth-order valence-corrected chi connectivity index (χ4v) is 1.94. The maximum atomic E-state index is 4.14. The molecule has 16 heavy (non-hydrogen) atoms. The number of nitrogens with zero attached hydrogens (tertiary/aromatic N) is 4. The minimum atomic E-state index is 0.792. The van der Waals surface area contributed by atoms with Gasteiger partial charge in [-0.25, -0.2) is 19.9 Å². The summed E-state index contributed by atoms with van der Waals surface area (Å²) in [6, 6.07) is 3.62. The van der Waals surface area contributed by atoms with E-state index in [0.29, 0.717) is 0 Å². The summed E-state index contributed by atoms with van der Waals surface area (Å²) >= 11 is 6.94. The lowest BCUT2D eigenvalue weighted by Gasteiger charge is -2.02. The number of aromatic nitrogens is 4. The largest absolute Gasteiger partial charge is 0.245 e. The van der Waals surface area contributed by atoms with E-state index in [1.54, 1.807) is 12.4 Å². The molecule has 0 spiro atoms. The van der Waals surface area contributed by atoms with Gasteiger partial charge in [0.05, 0.1) is 20.4 Å². The van der Waals surface area contributed by atoms with E-state index >= 15 is 0 Å². The molecule has 6 heteroatoms. The van der Waals surface area contributed by atoms with Crippen molar-refractivity contribution in [3.63, 3.8) is 0 Å². The molecule has 0 saturated carbocycles. The maximum absolute atomic E-state index is 4.14. The zero-order valence-corrected chi connectivity index (χ0v) is 11.2. The summed E-state index contributed by atoms with van der Waals surface area (Å²) in [7, 11) is 0. The van der Waals surface area contributed by atoms with E-state index in [0.717, 1.165) is 20.4 Å². The second-order valence-electron chi connectivity index (χ2n) is 2.82. The van der Waals surface area contributed by atoms with E-state index in [2.05, 4.69) is 51.8 Å². The van der Waals surface area contributed by atoms with Crippen LogP contribution in [-0.2, 0) is 0 Å². The third-order valence-corrected chi connectivity index (χ3v) is 3.94. The third-order valence-electron chi connectivity index (χ3n) is 1.81. The molecule has 2 aromatic rings. The fourth-order valence-electron chi connectivity index (χ4n) is 1.07. The Kier molecular flexibility index (Phi) is 3.74. The predicted molar refractivity (Wildman–Crippen MR) is 68.7 cm³/mol. The summed E-state index contributed by atoms with van der Waals surface area (Å²) in [6.07, 6.45) is 6.36. The van der Waals surface area contributed by atoms with Crippen LogP contribution in [0.15, 0.2) is 37.2 Å². The Morgan fingerprint density at radius 1 is 0.812 bits per heavy atom. The standard InChI is InChI=1S/C10H6Br2N4/c11-9(7-1-3-13-5-15-7)10(12)8-2-4-14-6-16-8/h1-6H. The highest BCUT2D eigenvalue weighted by atomic mass is 79.9. The third kappa shape index (κ3) is 2.51. The van der Waals surface area contributed by atoms with Crippen molar-refractivity contribution in [2.45, 2.75) is 0 Å². The van der Waals surface area contributed by atoms with Crippen molar-refractivity contribution < 1.29 is 0 Å². The Balaban J connectivity index is 2.43. The first kappa shape index (κ1) is 11.3. The van der Waals surface area contributed by atoms with Gasteiger partial charge in [-0.05, 0) is 44.0 Å². The minimum Gasteiger partial charge on any atom is -0.245 e. The number of halogens is 2. The highest BCUT2D eigenvalue weighted by molar-refractivity contribution is 9.18. The van der Waals surface area contributed by atoms with E-state index in [-0.39, 0.29) is 0 Å². The van der Waals surface area contributed by atoms with Crippen molar-refractivity contribution >= 4 is 40.8 Å². The van der Waals surface area contributed by atoms with Crippen LogP contribution in [0.2, 0.25) is 0 Å². The molecule has 2 rings (SSSR count). The average molecular weight is 342 g/mol. The van der Waals surface area contributed by atoms with E-state index in [4.69, 9.17) is 0 Å². The molecule has 0 radical (unpaired) electrons. The lowest BCUT2D eigenvalue weighted by molar-refractivity contribution is 1.14. The number of hydrogen-bond donors (Lipinski definition) is 0. The van der Waals surface area contributed by atoms with Crippen LogP contribution in [0.5, 0.6) is 0 Å². The summed E-state index contributed by atoms with van der Waals surface area (Å²) in [6.45, 7) is 0. The van der Waals surface area contributed by atoms with Crippen LogP contribution in [0.4, 0.5) is 0 Å². The zero-order chi connectivity index (χ0) is 11.4. The first-order valence-electron chi connectivity index (χ1n) is 4.37. The van der Waals surface area contributed by atoms with Crippen LogP contribution in [0, 0.1) is 0 Å². The van der Waals surface area contributed by atoms with Gasteiger partial charge >= 0.3 is 0 Å². The highest BCUT2D eigenvalue weighted by Crippen LogP contribution is 2.32. The van der Waals surface area contributed by atoms with Crippen LogP contribution in [-0.4, -0.2) is 19.9 Å². The zero-order valence-electron chi connectivity index (χ0n) is 8.01. The van der Waals surface area contributed by atoms with Gasteiger partial charge in [-0.3, -0.25) is 0 Å². The second-order valence-corrected chi connectivity index (χ2v) is 4.40. The van der Waals surface area contributed by atoms with Crippen molar-refractivity contribution in [1.29, 1.82) is 0 Å². The Morgan fingerprint density at radius 2 is 1.25 bits per heavy atom. The number of rotatable bonds is 2. The number of hydrogen-bond acceptors (Lipinski definition) is 4. The molecule has 0 saturated heterocycles. The van der Waals surface area contributed by atoms with Crippen LogP contribution >= 0.6 is 31.9 Å². The van der Waals surface area contributed by atoms with Gasteiger partial charge in [-0.2, -0.15) is 0 Å². The Bertz CT molecular complexity index is 451. The molecule has 0 aliphatic rings. The van der Waals surface area contributed by atoms with Gasteiger partial charge in [-0.15, -0.1) is 0 Å². The lowest BCUT2D eigenvalue weighted by Crippen LogP contribution is -1.89. The van der Waals surface area contributed by atoms with Gasteiger partial charge in [0.15, 0.2) is 0 Å². The Hall–Kier alpha value is -1.14. The van der Waals surface area contributed by atoms with Crippen molar-refractivity contribution in [2.75, 3.05) is 0 Å². The van der Waals surface area contributed by atoms with Gasteiger partial charge in [-0.1, -0.05) is 0 Å². The molecule has 4 nitrogen and oxygen atoms in total. The van der Waals surface area contributed by atoms with Gasteiger partial charge in [0.25, 0.3) is 0 Å². The molecule has 80 valence electrons. The SMILES string of the molecule is BrC(=C(Br)c1ccncn1)c1ccncn1. The fraction of sp³-hybridized carbons (Fsp3) is 0. The highest BCUT2D eigenvalue weighted by Gasteiger charge is 2.08. The molecular weight excluding hydrogens is 336 g/mol. The predicted octanol–water partition coefficient (Wildman–Crippen LogP) is 2.88. The van der Waals surface area contributed by atoms with Crippen molar-refractivity contribution in [2.24, 2.45) is 0 Å². The van der Waals surface area contributed by atoms with Crippen LogP contribution < -0.4 is 0 Å². The molecule has 0 atom stereocenters. The minimum absolute atomic E-state index is 0.792. The average Bonchev–Trinajstić information content (AvgIpc) is 2.39. The summed E-state index contributed by atoms with van der Waals surface area (Å²) in [4.78, 5) is 16.0. The lowest BCUT2D eigenvalue weighted by atomic mass is 10.3. The molecule has 0 amide bonds. The van der Waals surface area contributed by atoms with E-state index in [1.165, 1.54) is 12.7 Å². The van der Waals surface area contributed by atoms with E-state index < -0.39 is 0 Å². The molecule has 0 aliphatic carbocycles. The normalized spacial score (nSPS) is 12.1. The Morgan fingerprint density at radius 3 is 1.56 bits per heavy atom. The van der Waals surface area contributed by atoms with E-state index in [1.807, 2.05) is 12.1 Å². The molecule has 0 aliphatic heterocycles. The molecule has 0 aromatic carbocycles. The summed E-state index contributed by atoms with van der Waals surface area (Å²) in [5.74, 6) is 0. The topological polar surface area (TPSA) is 51.6 Å². The first-order chi connectivity index (χ1) is 7.79. The van der Waals surface area contributed by atoms with Crippen molar-refractivity contribution in [1.82, 2.24) is 19.9 Å². The van der Waals surface area contributed by atoms with Crippen molar-refractivity contribution in [3.8, 4) is 0 Å². The monoisotopic (exact) mass is 340 g/mol. The summed E-state index contributed by atoms with van der Waals surface area (Å²) < 4.78 is 1.65. The molecule has 0 N–H and O–H groups in total. The molecule has 0 bridgehead atoms. The summed E-state index contributed by atoms with van der Waals surface area (Å²) in [5.41, 5.74) is 1.58. The van der Waals surface area contributed by atoms with Crippen LogP contribution in [0.1, 0.15) is 11.4 Å². The van der Waals surface area contributed by atoms with Gasteiger partial charge in [0, 0.05) is 12.4 Å². The summed E-state index contributed by atoms with van der Waals surface area (Å²) in [5, 5.41) is 0. The maximum Gasteiger partial charge on any atom is 0.116 e. The van der Waals surface area contributed by atoms with Gasteiger partial charge < -0.3 is 0 Å². The Labute approximate surface area is 109 Å². The smallest absolute Gasteiger partial charge is 0.116 e. The second kappa shape index (κ2) is 5.27. The van der Waals surface area contributed by atoms with Crippen LogP contribution in [0.25, 0.3) is 8.96 Å². The first-order valence-corrected chi connectivity index (χ1v) is 5.95. The van der Waals surface area contributed by atoms with Crippen LogP contribution in [0.3, 0.4) is 0 Å². The van der Waals surface area contributed by atoms with E-state index in [9.17, 15) is 0 Å². The van der Waals surface area contributed by atoms with Crippen molar-refractivity contribution in [3.05, 3.63) is 48.6 Å². The molecule has 2 aromatic heterocycles. The molecule has 2 heterocycles. The van der Waals surface area contributed by atoms with Gasteiger partial charge in [0.1, 0.15) is 12.7 Å². The molecule has 0 fully saturated rings. The quantitative estimate of drug-likeness (QED) is 0.842. The molecular formula is C10H6Br2N4.